The van der Waals surface area contributed by atoms with Crippen LogP contribution in [-0.2, 0) is 0 Å². The third-order valence-electron chi connectivity index (χ3n) is 5.68. The molecular formula is C23H30FN7. The van der Waals surface area contributed by atoms with Crippen LogP contribution in [0.15, 0.2) is 30.5 Å². The van der Waals surface area contributed by atoms with Crippen LogP contribution in [-0.4, -0.2) is 65.3 Å². The molecule has 0 radical (unpaired) electrons. The van der Waals surface area contributed by atoms with Gasteiger partial charge in [0.05, 0.1) is 5.69 Å². The number of aromatic nitrogens is 4. The zero-order valence-electron chi connectivity index (χ0n) is 18.4. The second-order valence-electron chi connectivity index (χ2n) is 8.36. The molecule has 1 aliphatic rings. The van der Waals surface area contributed by atoms with Gasteiger partial charge in [0.1, 0.15) is 11.5 Å². The molecule has 1 fully saturated rings. The first-order chi connectivity index (χ1) is 15.0. The predicted octanol–water partition coefficient (Wildman–Crippen LogP) is 3.42. The highest BCUT2D eigenvalue weighted by Gasteiger charge is 2.26. The van der Waals surface area contributed by atoms with Gasteiger partial charge in [-0.3, -0.25) is 5.10 Å². The van der Waals surface area contributed by atoms with E-state index in [1.54, 1.807) is 18.3 Å². The maximum atomic E-state index is 14.9. The summed E-state index contributed by atoms with van der Waals surface area (Å²) in [5, 5.41) is 14.5. The fraction of sp³-hybridized carbons (Fsp3) is 0.435. The minimum atomic E-state index is -0.275. The van der Waals surface area contributed by atoms with Crippen LogP contribution in [0.1, 0.15) is 30.0 Å². The molecule has 3 N–H and O–H groups in total. The van der Waals surface area contributed by atoms with Crippen molar-refractivity contribution in [3.63, 3.8) is 0 Å². The lowest BCUT2D eigenvalue weighted by molar-refractivity contribution is 0.425. The van der Waals surface area contributed by atoms with Gasteiger partial charge >= 0.3 is 0 Å². The smallest absolute Gasteiger partial charge is 0.223 e. The van der Waals surface area contributed by atoms with Crippen molar-refractivity contribution in [2.75, 3.05) is 45.6 Å². The number of aromatic amines is 1. The van der Waals surface area contributed by atoms with Gasteiger partial charge in [0.2, 0.25) is 5.95 Å². The molecule has 3 heterocycles. The van der Waals surface area contributed by atoms with Gasteiger partial charge in [-0.2, -0.15) is 5.10 Å². The van der Waals surface area contributed by atoms with Crippen molar-refractivity contribution in [3.8, 4) is 22.5 Å². The number of nitrogens with zero attached hydrogens (tertiary/aromatic N) is 4. The Balaban J connectivity index is 1.76. The number of hydrogen-bond donors (Lipinski definition) is 3. The van der Waals surface area contributed by atoms with E-state index in [1.807, 2.05) is 33.2 Å². The zero-order valence-corrected chi connectivity index (χ0v) is 18.4. The highest BCUT2D eigenvalue weighted by molar-refractivity contribution is 5.82. The van der Waals surface area contributed by atoms with Gasteiger partial charge in [0.25, 0.3) is 0 Å². The lowest BCUT2D eigenvalue weighted by atomic mass is 9.89. The molecule has 2 aromatic heterocycles. The maximum absolute atomic E-state index is 14.9. The molecule has 1 aromatic carbocycles. The fourth-order valence-electron chi connectivity index (χ4n) is 4.00. The topological polar surface area (TPSA) is 81.8 Å². The molecule has 164 valence electrons. The predicted molar refractivity (Wildman–Crippen MR) is 122 cm³/mol. The molecule has 0 unspecified atom stereocenters. The minimum absolute atomic E-state index is 0.275. The van der Waals surface area contributed by atoms with Crippen LogP contribution in [0.5, 0.6) is 0 Å². The molecule has 1 saturated heterocycles. The van der Waals surface area contributed by atoms with E-state index in [4.69, 9.17) is 4.98 Å². The second-order valence-corrected chi connectivity index (χ2v) is 8.36. The third kappa shape index (κ3) is 4.91. The van der Waals surface area contributed by atoms with Gasteiger partial charge in [-0.1, -0.05) is 6.07 Å². The van der Waals surface area contributed by atoms with E-state index in [0.29, 0.717) is 23.1 Å². The lowest BCUT2D eigenvalue weighted by Crippen LogP contribution is -2.27. The first kappa shape index (κ1) is 21.4. The molecule has 7 nitrogen and oxygen atoms in total. The molecule has 0 amide bonds. The highest BCUT2D eigenvalue weighted by atomic mass is 19.1. The number of halogens is 1. The van der Waals surface area contributed by atoms with Gasteiger partial charge < -0.3 is 15.5 Å². The second kappa shape index (κ2) is 9.53. The number of aryl methyl sites for hydroxylation is 1. The maximum Gasteiger partial charge on any atom is 0.223 e. The van der Waals surface area contributed by atoms with Crippen LogP contribution in [0, 0.1) is 12.7 Å². The van der Waals surface area contributed by atoms with E-state index >= 15 is 0 Å². The Morgan fingerprint density at radius 1 is 1.19 bits per heavy atom. The summed E-state index contributed by atoms with van der Waals surface area (Å²) in [5.74, 6) is 0.612. The summed E-state index contributed by atoms with van der Waals surface area (Å²) < 4.78 is 14.9. The number of hydrogen-bond acceptors (Lipinski definition) is 6. The summed E-state index contributed by atoms with van der Waals surface area (Å²) in [6.45, 7) is 5.41. The SMILES string of the molecule is Cc1ccc(-c2n[nH]c(C3CCNCC3)c2-c2ccnc(NCCN(C)C)n2)c(F)c1. The van der Waals surface area contributed by atoms with Gasteiger partial charge in [0, 0.05) is 42.0 Å². The quantitative estimate of drug-likeness (QED) is 0.540. The van der Waals surface area contributed by atoms with Gasteiger partial charge in [-0.25, -0.2) is 14.4 Å². The Bertz CT molecular complexity index is 1020. The molecule has 0 atom stereocenters. The molecule has 3 aromatic rings. The van der Waals surface area contributed by atoms with E-state index in [9.17, 15) is 4.39 Å². The number of likely N-dealkylation sites (N-methyl/N-ethyl adjacent to an activating group) is 1. The van der Waals surface area contributed by atoms with Crippen molar-refractivity contribution >= 4 is 5.95 Å². The number of rotatable bonds is 7. The molecule has 0 aliphatic carbocycles. The summed E-state index contributed by atoms with van der Waals surface area (Å²) in [4.78, 5) is 11.2. The molecule has 1 aliphatic heterocycles. The van der Waals surface area contributed by atoms with E-state index in [2.05, 4.69) is 30.7 Å². The Labute approximate surface area is 182 Å². The van der Waals surface area contributed by atoms with Crippen molar-refractivity contribution < 1.29 is 4.39 Å². The first-order valence-corrected chi connectivity index (χ1v) is 10.8. The van der Waals surface area contributed by atoms with Crippen molar-refractivity contribution in [3.05, 3.63) is 47.5 Å². The van der Waals surface area contributed by atoms with E-state index in [0.717, 1.165) is 61.5 Å². The van der Waals surface area contributed by atoms with Crippen molar-refractivity contribution in [2.45, 2.75) is 25.7 Å². The number of anilines is 1. The van der Waals surface area contributed by atoms with Crippen molar-refractivity contribution in [2.24, 2.45) is 0 Å². The molecule has 4 rings (SSSR count). The minimum Gasteiger partial charge on any atom is -0.353 e. The normalized spacial score (nSPS) is 14.9. The van der Waals surface area contributed by atoms with Crippen LogP contribution in [0.3, 0.4) is 0 Å². The summed E-state index contributed by atoms with van der Waals surface area (Å²) >= 11 is 0. The first-order valence-electron chi connectivity index (χ1n) is 10.8. The number of nitrogens with one attached hydrogen (secondary N) is 3. The summed E-state index contributed by atoms with van der Waals surface area (Å²) in [6, 6.07) is 7.14. The van der Waals surface area contributed by atoms with Crippen LogP contribution >= 0.6 is 0 Å². The zero-order chi connectivity index (χ0) is 21.8. The monoisotopic (exact) mass is 423 g/mol. The Morgan fingerprint density at radius 2 is 2.00 bits per heavy atom. The molecule has 8 heteroatoms. The Hall–Kier alpha value is -2.84. The Kier molecular flexibility index (Phi) is 6.58. The van der Waals surface area contributed by atoms with Crippen molar-refractivity contribution in [1.29, 1.82) is 0 Å². The van der Waals surface area contributed by atoms with E-state index in [1.165, 1.54) is 0 Å². The lowest BCUT2D eigenvalue weighted by Gasteiger charge is -2.22. The van der Waals surface area contributed by atoms with Crippen LogP contribution in [0.25, 0.3) is 22.5 Å². The summed E-state index contributed by atoms with van der Waals surface area (Å²) in [7, 11) is 4.05. The largest absolute Gasteiger partial charge is 0.353 e. The van der Waals surface area contributed by atoms with Gasteiger partial charge in [-0.15, -0.1) is 0 Å². The van der Waals surface area contributed by atoms with Gasteiger partial charge in [-0.05, 0) is 70.7 Å². The average molecular weight is 424 g/mol. The van der Waals surface area contributed by atoms with E-state index in [-0.39, 0.29) is 5.82 Å². The van der Waals surface area contributed by atoms with Crippen LogP contribution in [0.2, 0.25) is 0 Å². The fourth-order valence-corrected chi connectivity index (χ4v) is 4.00. The molecule has 0 spiro atoms. The number of H-pyrrole nitrogens is 1. The third-order valence-corrected chi connectivity index (χ3v) is 5.68. The van der Waals surface area contributed by atoms with Crippen LogP contribution < -0.4 is 10.6 Å². The average Bonchev–Trinajstić information content (AvgIpc) is 3.19. The van der Waals surface area contributed by atoms with E-state index < -0.39 is 0 Å². The Morgan fingerprint density at radius 3 is 2.74 bits per heavy atom. The summed E-state index contributed by atoms with van der Waals surface area (Å²) in [5.41, 5.74) is 4.61. The number of benzene rings is 1. The molecule has 0 bridgehead atoms. The molecular weight excluding hydrogens is 393 g/mol. The van der Waals surface area contributed by atoms with Crippen LogP contribution in [0.4, 0.5) is 10.3 Å². The van der Waals surface area contributed by atoms with Gasteiger partial charge in [0.15, 0.2) is 0 Å². The van der Waals surface area contributed by atoms with Crippen molar-refractivity contribution in [1.82, 2.24) is 30.4 Å². The molecule has 31 heavy (non-hydrogen) atoms. The standard InChI is InChI=1S/C23H30FN7/c1-15-4-5-17(18(24)14-15)22-20(21(29-30-22)16-6-9-25-10-7-16)19-8-11-26-23(28-19)27-12-13-31(2)3/h4-5,8,11,14,16,25H,6-7,9-10,12-13H2,1-3H3,(H,29,30)(H,26,27,28). The molecule has 0 saturated carbocycles. The highest BCUT2D eigenvalue weighted by Crippen LogP contribution is 2.39. The number of piperidine rings is 1. The summed E-state index contributed by atoms with van der Waals surface area (Å²) in [6.07, 6.45) is 3.75.